The van der Waals surface area contributed by atoms with Crippen LogP contribution in [0.4, 0.5) is 4.79 Å². The van der Waals surface area contributed by atoms with Gasteiger partial charge in [0.25, 0.3) is 0 Å². The number of hydrogen-bond donors (Lipinski definition) is 1. The quantitative estimate of drug-likeness (QED) is 0.782. The van der Waals surface area contributed by atoms with E-state index in [-0.39, 0.29) is 17.6 Å². The zero-order chi connectivity index (χ0) is 13.4. The van der Waals surface area contributed by atoms with Gasteiger partial charge in [0.2, 0.25) is 0 Å². The Labute approximate surface area is 110 Å². The van der Waals surface area contributed by atoms with Gasteiger partial charge in [0.1, 0.15) is 5.60 Å². The molecule has 4 heteroatoms. The van der Waals surface area contributed by atoms with Crippen LogP contribution >= 0.6 is 0 Å². The van der Waals surface area contributed by atoms with Gasteiger partial charge < -0.3 is 15.4 Å². The Morgan fingerprint density at radius 2 is 1.94 bits per heavy atom. The molecule has 2 rings (SSSR count). The molecule has 1 heterocycles. The molecule has 0 aromatic carbocycles. The van der Waals surface area contributed by atoms with Crippen LogP contribution < -0.4 is 5.73 Å². The predicted molar refractivity (Wildman–Crippen MR) is 71.3 cm³/mol. The highest BCUT2D eigenvalue weighted by Gasteiger charge is 2.50. The van der Waals surface area contributed by atoms with E-state index in [1.54, 1.807) is 0 Å². The summed E-state index contributed by atoms with van der Waals surface area (Å²) in [6, 6.07) is 0.176. The Bertz CT molecular complexity index is 316. The largest absolute Gasteiger partial charge is 0.444 e. The van der Waals surface area contributed by atoms with Gasteiger partial charge in [-0.3, -0.25) is 0 Å². The minimum atomic E-state index is -0.429. The molecule has 1 saturated carbocycles. The van der Waals surface area contributed by atoms with Gasteiger partial charge in [-0.1, -0.05) is 12.8 Å². The van der Waals surface area contributed by atoms with E-state index in [2.05, 4.69) is 0 Å². The SMILES string of the molecule is CC(C)(C)OC(=O)N1CCC2(CCCC2)C1CN. The normalized spacial score (nSPS) is 26.9. The Morgan fingerprint density at radius 1 is 1.33 bits per heavy atom. The van der Waals surface area contributed by atoms with Crippen LogP contribution in [0.2, 0.25) is 0 Å². The zero-order valence-corrected chi connectivity index (χ0v) is 11.9. The van der Waals surface area contributed by atoms with Gasteiger partial charge >= 0.3 is 6.09 Å². The lowest BCUT2D eigenvalue weighted by Crippen LogP contribution is -2.48. The van der Waals surface area contributed by atoms with Crippen LogP contribution in [0.25, 0.3) is 0 Å². The van der Waals surface area contributed by atoms with E-state index in [0.717, 1.165) is 13.0 Å². The molecule has 0 bridgehead atoms. The molecular formula is C14H26N2O2. The summed E-state index contributed by atoms with van der Waals surface area (Å²) in [7, 11) is 0. The first kappa shape index (κ1) is 13.7. The fraction of sp³-hybridized carbons (Fsp3) is 0.929. The second-order valence-electron chi connectivity index (χ2n) is 6.74. The minimum Gasteiger partial charge on any atom is -0.444 e. The second kappa shape index (κ2) is 4.72. The number of nitrogens with zero attached hydrogens (tertiary/aromatic N) is 1. The predicted octanol–water partition coefficient (Wildman–Crippen LogP) is 2.51. The van der Waals surface area contributed by atoms with E-state index in [1.807, 2.05) is 25.7 Å². The average molecular weight is 254 g/mol. The first-order valence-electron chi connectivity index (χ1n) is 7.08. The van der Waals surface area contributed by atoms with Crippen molar-refractivity contribution < 1.29 is 9.53 Å². The third-order valence-electron chi connectivity index (χ3n) is 4.38. The summed E-state index contributed by atoms with van der Waals surface area (Å²) in [5.74, 6) is 0. The molecule has 0 aromatic heterocycles. The van der Waals surface area contributed by atoms with E-state index >= 15 is 0 Å². The average Bonchev–Trinajstić information content (AvgIpc) is 2.84. The minimum absolute atomic E-state index is 0.176. The lowest BCUT2D eigenvalue weighted by Gasteiger charge is -2.35. The fourth-order valence-electron chi connectivity index (χ4n) is 3.57. The summed E-state index contributed by atoms with van der Waals surface area (Å²) in [6.07, 6.45) is 5.88. The molecule has 1 aliphatic carbocycles. The fourth-order valence-corrected chi connectivity index (χ4v) is 3.57. The van der Waals surface area contributed by atoms with Gasteiger partial charge in [-0.25, -0.2) is 4.79 Å². The Hall–Kier alpha value is -0.770. The Morgan fingerprint density at radius 3 is 2.44 bits per heavy atom. The van der Waals surface area contributed by atoms with Crippen LogP contribution in [0, 0.1) is 5.41 Å². The van der Waals surface area contributed by atoms with E-state index < -0.39 is 5.60 Å². The molecule has 1 unspecified atom stereocenters. The molecule has 4 nitrogen and oxygen atoms in total. The van der Waals surface area contributed by atoms with Crippen molar-refractivity contribution in [1.29, 1.82) is 0 Å². The summed E-state index contributed by atoms with van der Waals surface area (Å²) in [4.78, 5) is 14.1. The van der Waals surface area contributed by atoms with Crippen LogP contribution in [0.15, 0.2) is 0 Å². The standard InChI is InChI=1S/C14H26N2O2/c1-13(2,3)18-12(17)16-9-8-14(11(16)10-15)6-4-5-7-14/h11H,4-10,15H2,1-3H3. The number of hydrogen-bond acceptors (Lipinski definition) is 3. The van der Waals surface area contributed by atoms with Crippen molar-refractivity contribution in [3.63, 3.8) is 0 Å². The molecule has 1 spiro atoms. The van der Waals surface area contributed by atoms with Crippen molar-refractivity contribution in [3.05, 3.63) is 0 Å². The van der Waals surface area contributed by atoms with Crippen molar-refractivity contribution in [3.8, 4) is 0 Å². The van der Waals surface area contributed by atoms with E-state index in [4.69, 9.17) is 10.5 Å². The highest BCUT2D eigenvalue weighted by Crippen LogP contribution is 2.49. The van der Waals surface area contributed by atoms with Gasteiger partial charge in [-0.2, -0.15) is 0 Å². The van der Waals surface area contributed by atoms with Crippen molar-refractivity contribution in [2.24, 2.45) is 11.1 Å². The number of rotatable bonds is 1. The molecule has 2 N–H and O–H groups in total. The zero-order valence-electron chi connectivity index (χ0n) is 11.9. The molecule has 0 aromatic rings. The third kappa shape index (κ3) is 2.48. The molecule has 0 radical (unpaired) electrons. The summed E-state index contributed by atoms with van der Waals surface area (Å²) >= 11 is 0. The molecule has 2 fully saturated rings. The first-order valence-corrected chi connectivity index (χ1v) is 7.08. The van der Waals surface area contributed by atoms with Crippen LogP contribution in [0.5, 0.6) is 0 Å². The van der Waals surface area contributed by atoms with Crippen molar-refractivity contribution in [2.75, 3.05) is 13.1 Å². The van der Waals surface area contributed by atoms with Gasteiger partial charge in [0.05, 0.1) is 6.04 Å². The lowest BCUT2D eigenvalue weighted by molar-refractivity contribution is 0.0173. The van der Waals surface area contributed by atoms with Gasteiger partial charge in [-0.05, 0) is 45.4 Å². The topological polar surface area (TPSA) is 55.6 Å². The molecule has 1 saturated heterocycles. The summed E-state index contributed by atoms with van der Waals surface area (Å²) < 4.78 is 5.49. The summed E-state index contributed by atoms with van der Waals surface area (Å²) in [5.41, 5.74) is 5.79. The second-order valence-corrected chi connectivity index (χ2v) is 6.74. The summed E-state index contributed by atoms with van der Waals surface area (Å²) in [5, 5.41) is 0. The maximum atomic E-state index is 12.2. The van der Waals surface area contributed by atoms with E-state index in [9.17, 15) is 4.79 Å². The van der Waals surface area contributed by atoms with Crippen LogP contribution in [0.1, 0.15) is 52.9 Å². The molecule has 2 aliphatic rings. The monoisotopic (exact) mass is 254 g/mol. The van der Waals surface area contributed by atoms with Crippen molar-refractivity contribution in [2.45, 2.75) is 64.5 Å². The molecule has 1 amide bonds. The number of ether oxygens (including phenoxy) is 1. The van der Waals surface area contributed by atoms with Gasteiger partial charge in [0.15, 0.2) is 0 Å². The number of nitrogens with two attached hydrogens (primary N) is 1. The highest BCUT2D eigenvalue weighted by atomic mass is 16.6. The molecule has 1 aliphatic heterocycles. The highest BCUT2D eigenvalue weighted by molar-refractivity contribution is 5.69. The van der Waals surface area contributed by atoms with E-state index in [0.29, 0.717) is 6.54 Å². The molecule has 104 valence electrons. The molecule has 18 heavy (non-hydrogen) atoms. The lowest BCUT2D eigenvalue weighted by atomic mass is 9.79. The number of carbonyl (C=O) groups is 1. The van der Waals surface area contributed by atoms with Crippen LogP contribution in [-0.2, 0) is 4.74 Å². The molecular weight excluding hydrogens is 228 g/mol. The number of amides is 1. The van der Waals surface area contributed by atoms with Crippen molar-refractivity contribution >= 4 is 6.09 Å². The Balaban J connectivity index is 2.08. The van der Waals surface area contributed by atoms with Crippen LogP contribution in [-0.4, -0.2) is 35.7 Å². The third-order valence-corrected chi connectivity index (χ3v) is 4.38. The van der Waals surface area contributed by atoms with Gasteiger partial charge in [0, 0.05) is 13.1 Å². The summed E-state index contributed by atoms with van der Waals surface area (Å²) in [6.45, 7) is 7.08. The maximum Gasteiger partial charge on any atom is 0.410 e. The number of carbonyl (C=O) groups excluding carboxylic acids is 1. The van der Waals surface area contributed by atoms with Crippen LogP contribution in [0.3, 0.4) is 0 Å². The van der Waals surface area contributed by atoms with E-state index in [1.165, 1.54) is 25.7 Å². The molecule has 1 atom stereocenters. The van der Waals surface area contributed by atoms with Gasteiger partial charge in [-0.15, -0.1) is 0 Å². The number of likely N-dealkylation sites (tertiary alicyclic amines) is 1. The Kier molecular flexibility index (Phi) is 3.58. The maximum absolute atomic E-state index is 12.2. The first-order chi connectivity index (χ1) is 8.38. The van der Waals surface area contributed by atoms with Crippen molar-refractivity contribution in [1.82, 2.24) is 4.90 Å². The smallest absolute Gasteiger partial charge is 0.410 e.